The van der Waals surface area contributed by atoms with Crippen LogP contribution in [0.3, 0.4) is 0 Å². The average molecular weight is 321 g/mol. The first-order valence-electron chi connectivity index (χ1n) is 6.86. The van der Waals surface area contributed by atoms with Gasteiger partial charge in [0.2, 0.25) is 5.91 Å². The molecule has 1 amide bonds. The van der Waals surface area contributed by atoms with Crippen LogP contribution in [0.2, 0.25) is 5.15 Å². The van der Waals surface area contributed by atoms with Crippen LogP contribution in [0.25, 0.3) is 0 Å². The molecule has 5 nitrogen and oxygen atoms in total. The van der Waals surface area contributed by atoms with Gasteiger partial charge in [0.15, 0.2) is 5.15 Å². The van der Waals surface area contributed by atoms with Crippen molar-refractivity contribution in [1.82, 2.24) is 4.98 Å². The average Bonchev–Trinajstić information content (AvgIpc) is 2.54. The van der Waals surface area contributed by atoms with Crippen molar-refractivity contribution in [2.45, 2.75) is 12.8 Å². The van der Waals surface area contributed by atoms with Crippen molar-refractivity contribution in [3.05, 3.63) is 47.7 Å². The molecule has 0 bridgehead atoms. The minimum absolute atomic E-state index is 0.117. The normalized spacial score (nSPS) is 10.1. The molecule has 1 N–H and O–H groups in total. The molecular weight excluding hydrogens is 304 g/mol. The molecule has 1 aromatic heterocycles. The van der Waals surface area contributed by atoms with Gasteiger partial charge in [0.1, 0.15) is 11.5 Å². The van der Waals surface area contributed by atoms with Crippen LogP contribution in [0, 0.1) is 0 Å². The van der Waals surface area contributed by atoms with E-state index < -0.39 is 0 Å². The number of hydrogen-bond acceptors (Lipinski definition) is 4. The van der Waals surface area contributed by atoms with E-state index in [0.29, 0.717) is 25.1 Å². The highest BCUT2D eigenvalue weighted by Crippen LogP contribution is 2.18. The number of carbonyl (C=O) groups is 1. The van der Waals surface area contributed by atoms with Crippen LogP contribution >= 0.6 is 11.6 Å². The van der Waals surface area contributed by atoms with Crippen molar-refractivity contribution in [2.24, 2.45) is 0 Å². The van der Waals surface area contributed by atoms with E-state index in [0.717, 1.165) is 11.5 Å². The van der Waals surface area contributed by atoms with Gasteiger partial charge in [-0.05, 0) is 42.8 Å². The summed E-state index contributed by atoms with van der Waals surface area (Å²) < 4.78 is 10.6. The SMILES string of the molecule is COc1ccc(OCCCC(=O)Nc2cccnc2Cl)cc1. The van der Waals surface area contributed by atoms with Crippen molar-refractivity contribution in [1.29, 1.82) is 0 Å². The highest BCUT2D eigenvalue weighted by Gasteiger charge is 2.06. The number of halogens is 1. The Hall–Kier alpha value is -2.27. The van der Waals surface area contributed by atoms with Crippen LogP contribution in [0.5, 0.6) is 11.5 Å². The van der Waals surface area contributed by atoms with Crippen molar-refractivity contribution >= 4 is 23.2 Å². The van der Waals surface area contributed by atoms with Gasteiger partial charge in [0.25, 0.3) is 0 Å². The lowest BCUT2D eigenvalue weighted by Gasteiger charge is -2.08. The number of nitrogens with one attached hydrogen (secondary N) is 1. The molecule has 0 aliphatic carbocycles. The zero-order valence-corrected chi connectivity index (χ0v) is 13.0. The molecule has 6 heteroatoms. The number of methoxy groups -OCH3 is 1. The number of ether oxygens (including phenoxy) is 2. The van der Waals surface area contributed by atoms with E-state index in [2.05, 4.69) is 10.3 Å². The van der Waals surface area contributed by atoms with Gasteiger partial charge in [-0.1, -0.05) is 11.6 Å². The molecule has 0 spiro atoms. The second-order valence-electron chi connectivity index (χ2n) is 4.52. The van der Waals surface area contributed by atoms with Crippen LogP contribution in [0.15, 0.2) is 42.6 Å². The van der Waals surface area contributed by atoms with Gasteiger partial charge in [-0.2, -0.15) is 0 Å². The van der Waals surface area contributed by atoms with E-state index in [4.69, 9.17) is 21.1 Å². The second-order valence-corrected chi connectivity index (χ2v) is 4.88. The number of carbonyl (C=O) groups excluding carboxylic acids is 1. The summed E-state index contributed by atoms with van der Waals surface area (Å²) >= 11 is 5.87. The first-order valence-corrected chi connectivity index (χ1v) is 7.24. The summed E-state index contributed by atoms with van der Waals surface area (Å²) in [4.78, 5) is 15.7. The van der Waals surface area contributed by atoms with Crippen molar-refractivity contribution < 1.29 is 14.3 Å². The second kappa shape index (κ2) is 8.24. The van der Waals surface area contributed by atoms with Crippen LogP contribution in [-0.2, 0) is 4.79 Å². The lowest BCUT2D eigenvalue weighted by Crippen LogP contribution is -2.13. The maximum atomic E-state index is 11.8. The van der Waals surface area contributed by atoms with E-state index in [1.807, 2.05) is 24.3 Å². The number of aromatic nitrogens is 1. The van der Waals surface area contributed by atoms with E-state index in [1.54, 1.807) is 25.4 Å². The summed E-state index contributed by atoms with van der Waals surface area (Å²) in [6.07, 6.45) is 2.53. The van der Waals surface area contributed by atoms with Crippen LogP contribution in [-0.4, -0.2) is 24.6 Å². The number of nitrogens with zero attached hydrogens (tertiary/aromatic N) is 1. The number of amides is 1. The quantitative estimate of drug-likeness (QED) is 0.626. The van der Waals surface area contributed by atoms with Gasteiger partial charge in [-0.25, -0.2) is 4.98 Å². The molecule has 0 saturated carbocycles. The molecule has 2 rings (SSSR count). The maximum absolute atomic E-state index is 11.8. The van der Waals surface area contributed by atoms with Crippen LogP contribution < -0.4 is 14.8 Å². The molecule has 0 radical (unpaired) electrons. The number of rotatable bonds is 7. The molecule has 1 aromatic carbocycles. The number of pyridine rings is 1. The van der Waals surface area contributed by atoms with Gasteiger partial charge in [-0.3, -0.25) is 4.79 Å². The monoisotopic (exact) mass is 320 g/mol. The minimum atomic E-state index is -0.117. The van der Waals surface area contributed by atoms with E-state index >= 15 is 0 Å². The number of hydrogen-bond donors (Lipinski definition) is 1. The fourth-order valence-electron chi connectivity index (χ4n) is 1.79. The van der Waals surface area contributed by atoms with E-state index in [-0.39, 0.29) is 11.1 Å². The number of anilines is 1. The Morgan fingerprint density at radius 3 is 2.64 bits per heavy atom. The smallest absolute Gasteiger partial charge is 0.224 e. The van der Waals surface area contributed by atoms with E-state index in [1.165, 1.54) is 0 Å². The topological polar surface area (TPSA) is 60.5 Å². The summed E-state index contributed by atoms with van der Waals surface area (Å²) in [6, 6.07) is 10.7. The largest absolute Gasteiger partial charge is 0.497 e. The fraction of sp³-hybridized carbons (Fsp3) is 0.250. The Kier molecular flexibility index (Phi) is 6.03. The molecule has 0 fully saturated rings. The van der Waals surface area contributed by atoms with Gasteiger partial charge in [0, 0.05) is 12.6 Å². The highest BCUT2D eigenvalue weighted by molar-refractivity contribution is 6.32. The van der Waals surface area contributed by atoms with Crippen LogP contribution in [0.4, 0.5) is 5.69 Å². The highest BCUT2D eigenvalue weighted by atomic mass is 35.5. The molecular formula is C16H17ClN2O3. The Morgan fingerprint density at radius 2 is 1.95 bits per heavy atom. The Balaban J connectivity index is 1.69. The molecule has 116 valence electrons. The number of benzene rings is 1. The molecule has 0 saturated heterocycles. The predicted octanol–water partition coefficient (Wildman–Crippen LogP) is 3.54. The standard InChI is InChI=1S/C16H17ClN2O3/c1-21-12-6-8-13(9-7-12)22-11-3-5-15(20)19-14-4-2-10-18-16(14)17/h2,4,6-10H,3,5,11H2,1H3,(H,19,20). The molecule has 1 heterocycles. The Bertz CT molecular complexity index is 617. The molecule has 22 heavy (non-hydrogen) atoms. The maximum Gasteiger partial charge on any atom is 0.224 e. The fourth-order valence-corrected chi connectivity index (χ4v) is 1.95. The minimum Gasteiger partial charge on any atom is -0.497 e. The lowest BCUT2D eigenvalue weighted by atomic mass is 10.3. The predicted molar refractivity (Wildman–Crippen MR) is 85.6 cm³/mol. The Morgan fingerprint density at radius 1 is 1.23 bits per heavy atom. The van der Waals surface area contributed by atoms with Crippen LogP contribution in [0.1, 0.15) is 12.8 Å². The molecule has 0 aliphatic rings. The first kappa shape index (κ1) is 16.1. The van der Waals surface area contributed by atoms with Gasteiger partial charge in [0.05, 0.1) is 19.4 Å². The van der Waals surface area contributed by atoms with E-state index in [9.17, 15) is 4.79 Å². The van der Waals surface area contributed by atoms with Crippen molar-refractivity contribution in [3.63, 3.8) is 0 Å². The third-order valence-corrected chi connectivity index (χ3v) is 3.21. The van der Waals surface area contributed by atoms with Gasteiger partial charge in [-0.15, -0.1) is 0 Å². The summed E-state index contributed by atoms with van der Waals surface area (Å²) in [6.45, 7) is 0.459. The summed E-state index contributed by atoms with van der Waals surface area (Å²) in [5, 5.41) is 3.00. The van der Waals surface area contributed by atoms with Gasteiger partial charge < -0.3 is 14.8 Å². The summed E-state index contributed by atoms with van der Waals surface area (Å²) in [7, 11) is 1.61. The molecule has 0 atom stereocenters. The summed E-state index contributed by atoms with van der Waals surface area (Å²) in [5.74, 6) is 1.41. The third kappa shape index (κ3) is 4.93. The zero-order valence-electron chi connectivity index (χ0n) is 12.2. The van der Waals surface area contributed by atoms with Crippen molar-refractivity contribution in [3.8, 4) is 11.5 Å². The lowest BCUT2D eigenvalue weighted by molar-refractivity contribution is -0.116. The summed E-state index contributed by atoms with van der Waals surface area (Å²) in [5.41, 5.74) is 0.519. The van der Waals surface area contributed by atoms with Gasteiger partial charge >= 0.3 is 0 Å². The molecule has 0 unspecified atom stereocenters. The molecule has 0 aliphatic heterocycles. The zero-order chi connectivity index (χ0) is 15.8. The molecule has 2 aromatic rings. The van der Waals surface area contributed by atoms with Crippen molar-refractivity contribution in [2.75, 3.05) is 19.0 Å². The third-order valence-electron chi connectivity index (χ3n) is 2.91. The Labute approximate surface area is 134 Å². The first-order chi connectivity index (χ1) is 10.7.